The Labute approximate surface area is 110 Å². The largest absolute Gasteiger partial charge is 0.354 e. The molecule has 0 fully saturated rings. The third-order valence-electron chi connectivity index (χ3n) is 2.69. The van der Waals surface area contributed by atoms with Crippen LogP contribution in [-0.2, 0) is 0 Å². The lowest BCUT2D eigenvalue weighted by Crippen LogP contribution is -2.27. The average molecular weight is 258 g/mol. The fourth-order valence-electron chi connectivity index (χ4n) is 1.75. The molecule has 6 nitrogen and oxygen atoms in total. The van der Waals surface area contributed by atoms with Crippen LogP contribution in [0.5, 0.6) is 0 Å². The first-order valence-electron chi connectivity index (χ1n) is 5.76. The average Bonchev–Trinajstić information content (AvgIpc) is 2.91. The highest BCUT2D eigenvalue weighted by Gasteiger charge is 2.22. The summed E-state index contributed by atoms with van der Waals surface area (Å²) >= 11 is 0. The quantitative estimate of drug-likeness (QED) is 0.846. The summed E-state index contributed by atoms with van der Waals surface area (Å²) in [6, 6.07) is 9.24. The second-order valence-corrected chi connectivity index (χ2v) is 3.81. The van der Waals surface area contributed by atoms with Gasteiger partial charge in [-0.15, -0.1) is 0 Å². The van der Waals surface area contributed by atoms with Crippen molar-refractivity contribution in [1.29, 1.82) is 0 Å². The van der Waals surface area contributed by atoms with Crippen LogP contribution in [0.4, 0.5) is 0 Å². The van der Waals surface area contributed by atoms with E-state index in [0.29, 0.717) is 0 Å². The second-order valence-electron chi connectivity index (χ2n) is 3.81. The molecule has 0 bridgehead atoms. The van der Waals surface area contributed by atoms with E-state index in [0.717, 1.165) is 5.69 Å². The highest BCUT2D eigenvalue weighted by atomic mass is 16.2. The van der Waals surface area contributed by atoms with Gasteiger partial charge in [-0.2, -0.15) is 0 Å². The van der Waals surface area contributed by atoms with Crippen molar-refractivity contribution in [3.05, 3.63) is 48.0 Å². The van der Waals surface area contributed by atoms with E-state index in [-0.39, 0.29) is 17.3 Å². The van der Waals surface area contributed by atoms with Crippen molar-refractivity contribution in [2.45, 2.75) is 0 Å². The lowest BCUT2D eigenvalue weighted by atomic mass is 10.2. The number of aromatic nitrogens is 2. The first kappa shape index (κ1) is 12.8. The number of imidazole rings is 1. The summed E-state index contributed by atoms with van der Waals surface area (Å²) in [5.41, 5.74) is 1.09. The first-order valence-corrected chi connectivity index (χ1v) is 5.76. The second kappa shape index (κ2) is 5.34. The molecule has 0 aliphatic heterocycles. The number of nitrogens with zero attached hydrogens (tertiary/aromatic N) is 2. The van der Waals surface area contributed by atoms with Crippen LogP contribution in [0.2, 0.25) is 0 Å². The normalized spacial score (nSPS) is 10.0. The SMILES string of the molecule is CNC(=O)c1ncn(-c2ccccc2)c1C(=O)NC. The highest BCUT2D eigenvalue weighted by Crippen LogP contribution is 2.15. The minimum atomic E-state index is -0.395. The van der Waals surface area contributed by atoms with Gasteiger partial charge in [-0.3, -0.25) is 14.2 Å². The van der Waals surface area contributed by atoms with Crippen molar-refractivity contribution in [3.8, 4) is 5.69 Å². The van der Waals surface area contributed by atoms with Crippen LogP contribution >= 0.6 is 0 Å². The molecule has 2 N–H and O–H groups in total. The molecule has 2 amide bonds. The zero-order valence-corrected chi connectivity index (χ0v) is 10.7. The molecule has 0 saturated carbocycles. The highest BCUT2D eigenvalue weighted by molar-refractivity contribution is 6.05. The molecule has 1 heterocycles. The summed E-state index contributed by atoms with van der Waals surface area (Å²) in [5, 5.41) is 4.99. The van der Waals surface area contributed by atoms with Gasteiger partial charge in [0.15, 0.2) is 5.69 Å². The van der Waals surface area contributed by atoms with Gasteiger partial charge in [0.2, 0.25) is 0 Å². The predicted octanol–water partition coefficient (Wildman–Crippen LogP) is 0.591. The number of para-hydroxylation sites is 1. The summed E-state index contributed by atoms with van der Waals surface area (Å²) in [6.45, 7) is 0. The zero-order valence-electron chi connectivity index (χ0n) is 10.7. The van der Waals surface area contributed by atoms with Crippen LogP contribution in [0.3, 0.4) is 0 Å². The van der Waals surface area contributed by atoms with Crippen molar-refractivity contribution < 1.29 is 9.59 Å². The number of benzene rings is 1. The molecular weight excluding hydrogens is 244 g/mol. The maximum Gasteiger partial charge on any atom is 0.272 e. The summed E-state index contributed by atoms with van der Waals surface area (Å²) < 4.78 is 1.59. The van der Waals surface area contributed by atoms with E-state index in [4.69, 9.17) is 0 Å². The van der Waals surface area contributed by atoms with Gasteiger partial charge in [0, 0.05) is 19.8 Å². The van der Waals surface area contributed by atoms with Gasteiger partial charge in [-0.1, -0.05) is 18.2 Å². The number of carbonyl (C=O) groups is 2. The molecule has 98 valence electrons. The first-order chi connectivity index (χ1) is 9.19. The Hall–Kier alpha value is -2.63. The minimum Gasteiger partial charge on any atom is -0.354 e. The summed E-state index contributed by atoms with van der Waals surface area (Å²) in [6.07, 6.45) is 1.46. The van der Waals surface area contributed by atoms with Crippen molar-refractivity contribution >= 4 is 11.8 Å². The molecular formula is C13H14N4O2. The van der Waals surface area contributed by atoms with Crippen molar-refractivity contribution in [3.63, 3.8) is 0 Å². The molecule has 0 aliphatic rings. The number of nitrogens with one attached hydrogen (secondary N) is 2. The molecule has 19 heavy (non-hydrogen) atoms. The van der Waals surface area contributed by atoms with E-state index >= 15 is 0 Å². The lowest BCUT2D eigenvalue weighted by molar-refractivity contribution is 0.0922. The molecule has 2 aromatic rings. The predicted molar refractivity (Wildman–Crippen MR) is 70.3 cm³/mol. The van der Waals surface area contributed by atoms with Crippen LogP contribution in [0, 0.1) is 0 Å². The molecule has 0 radical (unpaired) electrons. The van der Waals surface area contributed by atoms with E-state index in [1.165, 1.54) is 20.4 Å². The van der Waals surface area contributed by atoms with E-state index in [2.05, 4.69) is 15.6 Å². The van der Waals surface area contributed by atoms with Gasteiger partial charge in [0.25, 0.3) is 11.8 Å². The summed E-state index contributed by atoms with van der Waals surface area (Å²) in [5.74, 6) is -0.756. The Kier molecular flexibility index (Phi) is 3.61. The standard InChI is InChI=1S/C13H14N4O2/c1-14-12(18)10-11(13(19)15-2)17(8-16-10)9-6-4-3-5-7-9/h3-8H,1-2H3,(H,14,18)(H,15,19). The Bertz CT molecular complexity index is 604. The third-order valence-corrected chi connectivity index (χ3v) is 2.69. The lowest BCUT2D eigenvalue weighted by Gasteiger charge is -2.08. The maximum absolute atomic E-state index is 12.0. The minimum absolute atomic E-state index is 0.103. The van der Waals surface area contributed by atoms with Gasteiger partial charge in [0.1, 0.15) is 12.0 Å². The van der Waals surface area contributed by atoms with Crippen LogP contribution < -0.4 is 10.6 Å². The van der Waals surface area contributed by atoms with Gasteiger partial charge in [0.05, 0.1) is 0 Å². The molecule has 0 atom stereocenters. The molecule has 1 aromatic heterocycles. The number of carbonyl (C=O) groups excluding carboxylic acids is 2. The fraction of sp³-hybridized carbons (Fsp3) is 0.154. The van der Waals surface area contributed by atoms with E-state index in [1.807, 2.05) is 30.3 Å². The van der Waals surface area contributed by atoms with Crippen molar-refractivity contribution in [2.75, 3.05) is 14.1 Å². The van der Waals surface area contributed by atoms with Gasteiger partial charge in [-0.05, 0) is 12.1 Å². The number of rotatable bonds is 3. The monoisotopic (exact) mass is 258 g/mol. The Morgan fingerprint density at radius 2 is 1.68 bits per heavy atom. The maximum atomic E-state index is 12.0. The topological polar surface area (TPSA) is 76.0 Å². The Morgan fingerprint density at radius 3 is 2.26 bits per heavy atom. The third kappa shape index (κ3) is 2.33. The van der Waals surface area contributed by atoms with Crippen molar-refractivity contribution in [1.82, 2.24) is 20.2 Å². The number of amides is 2. The van der Waals surface area contributed by atoms with Crippen LogP contribution in [0.1, 0.15) is 21.0 Å². The van der Waals surface area contributed by atoms with E-state index in [1.54, 1.807) is 4.57 Å². The zero-order chi connectivity index (χ0) is 13.8. The molecule has 0 aliphatic carbocycles. The van der Waals surface area contributed by atoms with Crippen molar-refractivity contribution in [2.24, 2.45) is 0 Å². The molecule has 0 unspecified atom stereocenters. The Balaban J connectivity index is 2.60. The summed E-state index contributed by atoms with van der Waals surface area (Å²) in [7, 11) is 3.01. The molecule has 0 saturated heterocycles. The van der Waals surface area contributed by atoms with E-state index in [9.17, 15) is 9.59 Å². The smallest absolute Gasteiger partial charge is 0.272 e. The number of hydrogen-bond acceptors (Lipinski definition) is 3. The molecule has 0 spiro atoms. The van der Waals surface area contributed by atoms with Gasteiger partial charge < -0.3 is 10.6 Å². The van der Waals surface area contributed by atoms with Gasteiger partial charge in [-0.25, -0.2) is 4.98 Å². The Morgan fingerprint density at radius 1 is 1.05 bits per heavy atom. The van der Waals surface area contributed by atoms with Gasteiger partial charge >= 0.3 is 0 Å². The van der Waals surface area contributed by atoms with Crippen LogP contribution in [0.15, 0.2) is 36.7 Å². The molecule has 1 aromatic carbocycles. The fourth-order valence-corrected chi connectivity index (χ4v) is 1.75. The van der Waals surface area contributed by atoms with Crippen LogP contribution in [-0.4, -0.2) is 35.5 Å². The van der Waals surface area contributed by atoms with Crippen LogP contribution in [0.25, 0.3) is 5.69 Å². The molecule has 2 rings (SSSR count). The number of hydrogen-bond donors (Lipinski definition) is 2. The molecule has 6 heteroatoms. The summed E-state index contributed by atoms with van der Waals surface area (Å²) in [4.78, 5) is 27.7. The van der Waals surface area contributed by atoms with E-state index < -0.39 is 5.91 Å².